The number of likely N-dealkylation sites (tertiary alicyclic amines) is 1. The topological polar surface area (TPSA) is 53.9 Å². The molecule has 24 heavy (non-hydrogen) atoms. The molecule has 1 aromatic rings. The monoisotopic (exact) mass is 396 g/mol. The molecule has 0 spiro atoms. The Morgan fingerprint density at radius 2 is 2.17 bits per heavy atom. The summed E-state index contributed by atoms with van der Waals surface area (Å²) in [4.78, 5) is 27.4. The smallest absolute Gasteiger partial charge is 0.277 e. The fourth-order valence-electron chi connectivity index (χ4n) is 3.17. The van der Waals surface area contributed by atoms with Crippen molar-refractivity contribution in [2.24, 2.45) is 5.92 Å². The number of likely N-dealkylation sites (N-methyl/N-ethyl adjacent to an activating group) is 1. The lowest BCUT2D eigenvalue weighted by molar-refractivity contribution is -0.900. The second-order valence-electron chi connectivity index (χ2n) is 6.89. The minimum absolute atomic E-state index is 0.0294. The zero-order valence-electron chi connectivity index (χ0n) is 14.7. The summed E-state index contributed by atoms with van der Waals surface area (Å²) in [7, 11) is 1.70. The molecule has 2 atom stereocenters. The maximum absolute atomic E-state index is 12.3. The number of rotatable bonds is 5. The minimum Gasteiger partial charge on any atom is -0.332 e. The third kappa shape index (κ3) is 5.60. The first-order valence-corrected chi connectivity index (χ1v) is 9.28. The van der Waals surface area contributed by atoms with Gasteiger partial charge in [-0.3, -0.25) is 9.59 Å². The number of amides is 2. The van der Waals surface area contributed by atoms with Gasteiger partial charge in [-0.25, -0.2) is 0 Å². The molecule has 2 N–H and O–H groups in total. The molecule has 1 aliphatic rings. The van der Waals surface area contributed by atoms with Crippen molar-refractivity contribution < 1.29 is 14.5 Å². The van der Waals surface area contributed by atoms with Crippen LogP contribution in [0.15, 0.2) is 22.7 Å². The molecule has 0 aliphatic carbocycles. The molecule has 1 saturated heterocycles. The fraction of sp³-hybridized carbons (Fsp3) is 0.556. The third-order valence-electron chi connectivity index (χ3n) is 4.53. The number of benzene rings is 1. The molecular formula is C18H27BrN3O2+. The van der Waals surface area contributed by atoms with E-state index in [4.69, 9.17) is 0 Å². The van der Waals surface area contributed by atoms with E-state index in [-0.39, 0.29) is 18.4 Å². The van der Waals surface area contributed by atoms with E-state index in [0.717, 1.165) is 28.8 Å². The predicted molar refractivity (Wildman–Crippen MR) is 99.1 cm³/mol. The van der Waals surface area contributed by atoms with Crippen molar-refractivity contribution in [3.05, 3.63) is 28.2 Å². The Kier molecular flexibility index (Phi) is 6.80. The number of carbonyl (C=O) groups is 2. The van der Waals surface area contributed by atoms with Crippen molar-refractivity contribution in [3.8, 4) is 0 Å². The van der Waals surface area contributed by atoms with Gasteiger partial charge in [0.05, 0.1) is 19.6 Å². The minimum atomic E-state index is -0.168. The average Bonchev–Trinajstić information content (AvgIpc) is 2.50. The largest absolute Gasteiger partial charge is 0.332 e. The first-order chi connectivity index (χ1) is 11.3. The van der Waals surface area contributed by atoms with Gasteiger partial charge in [0.1, 0.15) is 0 Å². The summed E-state index contributed by atoms with van der Waals surface area (Å²) < 4.78 is 0.976. The quantitative estimate of drug-likeness (QED) is 0.791. The van der Waals surface area contributed by atoms with E-state index in [2.05, 4.69) is 28.2 Å². The average molecular weight is 397 g/mol. The fourth-order valence-corrected chi connectivity index (χ4v) is 3.64. The molecule has 5 nitrogen and oxygen atoms in total. The lowest BCUT2D eigenvalue weighted by Crippen LogP contribution is -3.14. The van der Waals surface area contributed by atoms with Gasteiger partial charge in [-0.2, -0.15) is 0 Å². The number of piperidine rings is 1. The number of anilines is 1. The van der Waals surface area contributed by atoms with E-state index in [1.54, 1.807) is 7.05 Å². The molecule has 132 valence electrons. The van der Waals surface area contributed by atoms with Gasteiger partial charge in [0, 0.05) is 23.1 Å². The van der Waals surface area contributed by atoms with Gasteiger partial charge in [-0.15, -0.1) is 0 Å². The van der Waals surface area contributed by atoms with Crippen LogP contribution >= 0.6 is 15.9 Å². The van der Waals surface area contributed by atoms with Crippen LogP contribution in [0.5, 0.6) is 0 Å². The Morgan fingerprint density at radius 1 is 1.42 bits per heavy atom. The first kappa shape index (κ1) is 18.9. The first-order valence-electron chi connectivity index (χ1n) is 8.48. The number of quaternary nitrogens is 1. The molecule has 1 unspecified atom stereocenters. The van der Waals surface area contributed by atoms with Crippen LogP contribution in [0.4, 0.5) is 5.69 Å². The zero-order valence-corrected chi connectivity index (χ0v) is 16.3. The van der Waals surface area contributed by atoms with E-state index in [0.29, 0.717) is 12.5 Å². The zero-order chi connectivity index (χ0) is 17.7. The van der Waals surface area contributed by atoms with Crippen molar-refractivity contribution in [2.45, 2.75) is 26.7 Å². The standard InChI is InChI=1S/C18H26BrN3O2/c1-13-5-4-8-22(10-13)12-18(24)21(3)11-17(23)20-16-7-6-15(19)9-14(16)2/h6-7,9,13H,4-5,8,10-12H2,1-3H3,(H,20,23)/p+1/t13-/m0/s1. The van der Waals surface area contributed by atoms with Crippen molar-refractivity contribution in [2.75, 3.05) is 38.5 Å². The summed E-state index contributed by atoms with van der Waals surface area (Å²) in [6, 6.07) is 5.70. The van der Waals surface area contributed by atoms with Gasteiger partial charge >= 0.3 is 0 Å². The van der Waals surface area contributed by atoms with E-state index < -0.39 is 0 Å². The van der Waals surface area contributed by atoms with Gasteiger partial charge in [-0.1, -0.05) is 22.9 Å². The van der Waals surface area contributed by atoms with Crippen LogP contribution in [0.25, 0.3) is 0 Å². The van der Waals surface area contributed by atoms with Crippen molar-refractivity contribution in [1.29, 1.82) is 0 Å². The second kappa shape index (κ2) is 8.62. The van der Waals surface area contributed by atoms with Gasteiger partial charge in [0.2, 0.25) is 5.91 Å². The Labute approximate surface area is 152 Å². The van der Waals surface area contributed by atoms with Gasteiger partial charge in [0.25, 0.3) is 5.91 Å². The number of hydrogen-bond donors (Lipinski definition) is 2. The Bertz CT molecular complexity index is 606. The summed E-state index contributed by atoms with van der Waals surface area (Å²) in [5, 5.41) is 2.87. The van der Waals surface area contributed by atoms with Crippen LogP contribution in [-0.4, -0.2) is 49.9 Å². The van der Waals surface area contributed by atoms with Crippen LogP contribution in [0.3, 0.4) is 0 Å². The predicted octanol–water partition coefficient (Wildman–Crippen LogP) is 1.47. The molecule has 1 aliphatic heterocycles. The summed E-state index contributed by atoms with van der Waals surface area (Å²) in [5.41, 5.74) is 1.76. The number of aryl methyl sites for hydroxylation is 1. The highest BCUT2D eigenvalue weighted by molar-refractivity contribution is 9.10. The normalized spacial score (nSPS) is 20.5. The van der Waals surface area contributed by atoms with E-state index in [9.17, 15) is 9.59 Å². The molecule has 2 rings (SSSR count). The maximum Gasteiger partial charge on any atom is 0.277 e. The van der Waals surface area contributed by atoms with Crippen molar-refractivity contribution in [3.63, 3.8) is 0 Å². The van der Waals surface area contributed by atoms with Gasteiger partial charge in [-0.05, 0) is 43.5 Å². The van der Waals surface area contributed by atoms with E-state index >= 15 is 0 Å². The molecule has 0 radical (unpaired) electrons. The lowest BCUT2D eigenvalue weighted by atomic mass is 10.0. The van der Waals surface area contributed by atoms with Crippen LogP contribution < -0.4 is 10.2 Å². The maximum atomic E-state index is 12.3. The second-order valence-corrected chi connectivity index (χ2v) is 7.80. The lowest BCUT2D eigenvalue weighted by Gasteiger charge is -2.28. The number of halogens is 1. The Hall–Kier alpha value is -1.40. The molecule has 1 aromatic carbocycles. The van der Waals surface area contributed by atoms with Gasteiger partial charge in [0.15, 0.2) is 6.54 Å². The Balaban J connectivity index is 1.83. The molecule has 1 fully saturated rings. The molecule has 2 amide bonds. The highest BCUT2D eigenvalue weighted by atomic mass is 79.9. The highest BCUT2D eigenvalue weighted by Crippen LogP contribution is 2.19. The summed E-state index contributed by atoms with van der Waals surface area (Å²) in [6.07, 6.45) is 2.43. The number of hydrogen-bond acceptors (Lipinski definition) is 2. The molecular weight excluding hydrogens is 370 g/mol. The summed E-state index contributed by atoms with van der Waals surface area (Å²) in [6.45, 7) is 6.83. The molecule has 6 heteroatoms. The van der Waals surface area contributed by atoms with E-state index in [1.807, 2.05) is 25.1 Å². The van der Waals surface area contributed by atoms with Crippen molar-refractivity contribution in [1.82, 2.24) is 4.90 Å². The van der Waals surface area contributed by atoms with Crippen LogP contribution in [-0.2, 0) is 9.59 Å². The number of nitrogens with one attached hydrogen (secondary N) is 2. The van der Waals surface area contributed by atoms with E-state index in [1.165, 1.54) is 22.6 Å². The van der Waals surface area contributed by atoms with Crippen LogP contribution in [0, 0.1) is 12.8 Å². The summed E-state index contributed by atoms with van der Waals surface area (Å²) in [5.74, 6) is 0.538. The highest BCUT2D eigenvalue weighted by Gasteiger charge is 2.24. The molecule has 1 heterocycles. The SMILES string of the molecule is Cc1cc(Br)ccc1NC(=O)CN(C)C(=O)C[NH+]1CCC[C@H](C)C1. The van der Waals surface area contributed by atoms with Crippen molar-refractivity contribution >= 4 is 33.4 Å². The Morgan fingerprint density at radius 3 is 2.83 bits per heavy atom. The molecule has 0 aromatic heterocycles. The third-order valence-corrected chi connectivity index (χ3v) is 5.03. The van der Waals surface area contributed by atoms with Crippen LogP contribution in [0.2, 0.25) is 0 Å². The molecule has 0 saturated carbocycles. The number of carbonyl (C=O) groups excluding carboxylic acids is 2. The number of nitrogens with zero attached hydrogens (tertiary/aromatic N) is 1. The summed E-state index contributed by atoms with van der Waals surface area (Å²) >= 11 is 3.41. The van der Waals surface area contributed by atoms with Crippen LogP contribution in [0.1, 0.15) is 25.3 Å². The van der Waals surface area contributed by atoms with Gasteiger partial charge < -0.3 is 15.1 Å². The molecule has 0 bridgehead atoms.